The van der Waals surface area contributed by atoms with Crippen LogP contribution in [0.3, 0.4) is 0 Å². The highest BCUT2D eigenvalue weighted by Gasteiger charge is 2.31. The Bertz CT molecular complexity index is 496. The molecule has 0 amide bonds. The van der Waals surface area contributed by atoms with E-state index in [0.717, 1.165) is 18.4 Å². The van der Waals surface area contributed by atoms with Gasteiger partial charge in [-0.15, -0.1) is 0 Å². The Kier molecular flexibility index (Phi) is 4.04. The maximum atomic E-state index is 12.4. The second-order valence-electron chi connectivity index (χ2n) is 4.77. The van der Waals surface area contributed by atoms with E-state index in [-0.39, 0.29) is 0 Å². The van der Waals surface area contributed by atoms with Crippen molar-refractivity contribution in [2.75, 3.05) is 13.1 Å². The summed E-state index contributed by atoms with van der Waals surface area (Å²) in [5.41, 5.74) is 6.45. The molecular formula is C13H20N2O2S. The third-order valence-electron chi connectivity index (χ3n) is 3.62. The summed E-state index contributed by atoms with van der Waals surface area (Å²) in [7, 11) is -3.31. The second-order valence-corrected chi connectivity index (χ2v) is 6.71. The van der Waals surface area contributed by atoms with Crippen LogP contribution in [0.1, 0.15) is 25.3 Å². The molecule has 0 radical (unpaired) electrons. The molecule has 2 rings (SSSR count). The topological polar surface area (TPSA) is 63.4 Å². The van der Waals surface area contributed by atoms with Crippen LogP contribution in [0, 0.1) is 5.92 Å². The molecule has 18 heavy (non-hydrogen) atoms. The number of nitrogens with zero attached hydrogens (tertiary/aromatic N) is 1. The molecule has 1 aromatic rings. The molecule has 1 aliphatic rings. The summed E-state index contributed by atoms with van der Waals surface area (Å²) in [4.78, 5) is 0.372. The summed E-state index contributed by atoms with van der Waals surface area (Å²) in [5.74, 6) is 0.503. The molecule has 1 atom stereocenters. The molecular weight excluding hydrogens is 248 g/mol. The molecule has 1 saturated heterocycles. The largest absolute Gasteiger partial charge is 0.326 e. The van der Waals surface area contributed by atoms with Crippen molar-refractivity contribution in [2.45, 2.75) is 31.2 Å². The molecule has 5 heteroatoms. The van der Waals surface area contributed by atoms with Crippen molar-refractivity contribution in [2.24, 2.45) is 11.7 Å². The molecule has 1 aliphatic heterocycles. The third kappa shape index (κ3) is 2.58. The van der Waals surface area contributed by atoms with Crippen molar-refractivity contribution in [3.8, 4) is 0 Å². The zero-order chi connectivity index (χ0) is 13.2. The average Bonchev–Trinajstić information content (AvgIpc) is 2.88. The molecule has 1 unspecified atom stereocenters. The van der Waals surface area contributed by atoms with Crippen LogP contribution in [0.5, 0.6) is 0 Å². The van der Waals surface area contributed by atoms with Crippen LogP contribution in [0.2, 0.25) is 0 Å². The summed E-state index contributed by atoms with van der Waals surface area (Å²) in [6.45, 7) is 3.83. The molecule has 4 nitrogen and oxygen atoms in total. The Labute approximate surface area is 109 Å². The maximum Gasteiger partial charge on any atom is 0.243 e. The van der Waals surface area contributed by atoms with Crippen LogP contribution in [0.4, 0.5) is 0 Å². The normalized spacial score (nSPS) is 21.3. The van der Waals surface area contributed by atoms with Gasteiger partial charge in [-0.05, 0) is 30.0 Å². The number of hydrogen-bond acceptors (Lipinski definition) is 3. The monoisotopic (exact) mass is 268 g/mol. The van der Waals surface area contributed by atoms with E-state index in [1.54, 1.807) is 28.6 Å². The van der Waals surface area contributed by atoms with Gasteiger partial charge in [-0.2, -0.15) is 4.31 Å². The fourth-order valence-electron chi connectivity index (χ4n) is 2.30. The summed E-state index contributed by atoms with van der Waals surface area (Å²) >= 11 is 0. The zero-order valence-electron chi connectivity index (χ0n) is 10.7. The van der Waals surface area contributed by atoms with Crippen LogP contribution < -0.4 is 5.73 Å². The Hall–Kier alpha value is -0.910. The molecule has 1 fully saturated rings. The predicted octanol–water partition coefficient (Wildman–Crippen LogP) is 1.57. The van der Waals surface area contributed by atoms with Crippen LogP contribution >= 0.6 is 0 Å². The van der Waals surface area contributed by atoms with Gasteiger partial charge >= 0.3 is 0 Å². The van der Waals surface area contributed by atoms with E-state index >= 15 is 0 Å². The first kappa shape index (κ1) is 13.5. The number of rotatable bonds is 4. The van der Waals surface area contributed by atoms with Crippen molar-refractivity contribution < 1.29 is 8.42 Å². The first-order valence-electron chi connectivity index (χ1n) is 6.37. The van der Waals surface area contributed by atoms with Crippen molar-refractivity contribution >= 4 is 10.0 Å². The maximum absolute atomic E-state index is 12.4. The Morgan fingerprint density at radius 2 is 2.00 bits per heavy atom. The van der Waals surface area contributed by atoms with Gasteiger partial charge in [0, 0.05) is 19.6 Å². The van der Waals surface area contributed by atoms with Crippen LogP contribution in [-0.4, -0.2) is 25.8 Å². The van der Waals surface area contributed by atoms with Crippen LogP contribution in [-0.2, 0) is 16.6 Å². The van der Waals surface area contributed by atoms with Crippen molar-refractivity contribution in [1.29, 1.82) is 0 Å². The standard InChI is InChI=1S/C13H20N2O2S/c1-2-11-7-8-15(10-11)18(16,17)13-5-3-12(9-14)4-6-13/h3-6,11H,2,7-10,14H2,1H3. The number of hydrogen-bond donors (Lipinski definition) is 1. The van der Waals surface area contributed by atoms with Gasteiger partial charge < -0.3 is 5.73 Å². The van der Waals surface area contributed by atoms with Crippen molar-refractivity contribution in [1.82, 2.24) is 4.31 Å². The van der Waals surface area contributed by atoms with Gasteiger partial charge in [-0.1, -0.05) is 25.5 Å². The lowest BCUT2D eigenvalue weighted by atomic mass is 10.1. The smallest absolute Gasteiger partial charge is 0.243 e. The van der Waals surface area contributed by atoms with Gasteiger partial charge in [-0.3, -0.25) is 0 Å². The summed E-state index contributed by atoms with van der Waals surface area (Å²) in [5, 5.41) is 0. The Balaban J connectivity index is 2.20. The fourth-order valence-corrected chi connectivity index (χ4v) is 3.83. The van der Waals surface area contributed by atoms with Gasteiger partial charge in [0.1, 0.15) is 0 Å². The SMILES string of the molecule is CCC1CCN(S(=O)(=O)c2ccc(CN)cc2)C1. The lowest BCUT2D eigenvalue weighted by Gasteiger charge is -2.16. The molecule has 1 heterocycles. The first-order chi connectivity index (χ1) is 8.57. The Morgan fingerprint density at radius 3 is 2.50 bits per heavy atom. The van der Waals surface area contributed by atoms with Gasteiger partial charge in [0.25, 0.3) is 0 Å². The van der Waals surface area contributed by atoms with E-state index in [1.165, 1.54) is 0 Å². The molecule has 1 aromatic carbocycles. The summed E-state index contributed by atoms with van der Waals surface area (Å²) in [6, 6.07) is 6.86. The molecule has 0 aromatic heterocycles. The summed E-state index contributed by atoms with van der Waals surface area (Å²) < 4.78 is 26.4. The van der Waals surface area contributed by atoms with E-state index in [9.17, 15) is 8.42 Å². The fraction of sp³-hybridized carbons (Fsp3) is 0.538. The van der Waals surface area contributed by atoms with Crippen LogP contribution in [0.25, 0.3) is 0 Å². The number of benzene rings is 1. The van der Waals surface area contributed by atoms with Crippen LogP contribution in [0.15, 0.2) is 29.2 Å². The molecule has 0 bridgehead atoms. The highest BCUT2D eigenvalue weighted by atomic mass is 32.2. The molecule has 100 valence electrons. The van der Waals surface area contributed by atoms with Gasteiger partial charge in [0.05, 0.1) is 4.90 Å². The highest BCUT2D eigenvalue weighted by molar-refractivity contribution is 7.89. The highest BCUT2D eigenvalue weighted by Crippen LogP contribution is 2.25. The second kappa shape index (κ2) is 5.38. The van der Waals surface area contributed by atoms with E-state index < -0.39 is 10.0 Å². The van der Waals surface area contributed by atoms with Gasteiger partial charge in [0.15, 0.2) is 0 Å². The zero-order valence-corrected chi connectivity index (χ0v) is 11.5. The van der Waals surface area contributed by atoms with Crippen molar-refractivity contribution in [3.05, 3.63) is 29.8 Å². The quantitative estimate of drug-likeness (QED) is 0.901. The van der Waals surface area contributed by atoms with Crippen molar-refractivity contribution in [3.63, 3.8) is 0 Å². The van der Waals surface area contributed by atoms with Gasteiger partial charge in [0.2, 0.25) is 10.0 Å². The van der Waals surface area contributed by atoms with E-state index in [2.05, 4.69) is 6.92 Å². The van der Waals surface area contributed by atoms with E-state index in [0.29, 0.717) is 30.4 Å². The lowest BCUT2D eigenvalue weighted by Crippen LogP contribution is -2.28. The molecule has 0 aliphatic carbocycles. The number of sulfonamides is 1. The minimum Gasteiger partial charge on any atom is -0.326 e. The van der Waals surface area contributed by atoms with E-state index in [4.69, 9.17) is 5.73 Å². The molecule has 0 spiro atoms. The molecule has 0 saturated carbocycles. The lowest BCUT2D eigenvalue weighted by molar-refractivity contribution is 0.453. The number of nitrogens with two attached hydrogens (primary N) is 1. The Morgan fingerprint density at radius 1 is 1.33 bits per heavy atom. The first-order valence-corrected chi connectivity index (χ1v) is 7.81. The summed E-state index contributed by atoms with van der Waals surface area (Å²) in [6.07, 6.45) is 2.01. The predicted molar refractivity (Wildman–Crippen MR) is 71.5 cm³/mol. The minimum atomic E-state index is -3.31. The third-order valence-corrected chi connectivity index (χ3v) is 5.50. The van der Waals surface area contributed by atoms with E-state index in [1.807, 2.05) is 0 Å². The average molecular weight is 268 g/mol. The minimum absolute atomic E-state index is 0.372. The van der Waals surface area contributed by atoms with Gasteiger partial charge in [-0.25, -0.2) is 8.42 Å². The molecule has 2 N–H and O–H groups in total.